The number of nitrogens with one attached hydrogen (secondary N) is 1. The van der Waals surface area contributed by atoms with E-state index in [2.05, 4.69) is 5.32 Å². The molecule has 0 spiro atoms. The summed E-state index contributed by atoms with van der Waals surface area (Å²) >= 11 is 0. The number of carbonyl (C=O) groups is 4. The van der Waals surface area contributed by atoms with E-state index >= 15 is 0 Å². The number of ketones is 1. The van der Waals surface area contributed by atoms with Crippen LogP contribution in [0.1, 0.15) is 79.3 Å². The molecule has 0 aromatic heterocycles. The highest BCUT2D eigenvalue weighted by Gasteiger charge is 2.29. The molecule has 8 heteroatoms. The van der Waals surface area contributed by atoms with Crippen molar-refractivity contribution >= 4 is 34.5 Å². The van der Waals surface area contributed by atoms with Crippen LogP contribution >= 0.6 is 0 Å². The van der Waals surface area contributed by atoms with Crippen LogP contribution < -0.4 is 5.32 Å². The first kappa shape index (κ1) is 35.9. The predicted octanol–water partition coefficient (Wildman–Crippen LogP) is 7.45. The van der Waals surface area contributed by atoms with Gasteiger partial charge in [0.2, 0.25) is 0 Å². The number of ether oxygens (including phenoxy) is 1. The largest absolute Gasteiger partial charge is 0.444 e. The topological polar surface area (TPSA) is 96.0 Å². The number of fused-ring (bicyclic) bond motifs is 1. The molecule has 48 heavy (non-hydrogen) atoms. The monoisotopic (exact) mass is 649 g/mol. The van der Waals surface area contributed by atoms with Crippen LogP contribution in [0.4, 0.5) is 4.79 Å². The minimum absolute atomic E-state index is 0.132. The van der Waals surface area contributed by atoms with Gasteiger partial charge in [-0.15, -0.1) is 0 Å². The van der Waals surface area contributed by atoms with E-state index in [1.165, 1.54) is 4.90 Å². The molecule has 0 heterocycles. The highest BCUT2D eigenvalue weighted by atomic mass is 16.6. The second-order valence-corrected chi connectivity index (χ2v) is 13.1. The summed E-state index contributed by atoms with van der Waals surface area (Å²) in [6.45, 7) is 10.5. The molecule has 0 fully saturated rings. The lowest BCUT2D eigenvalue weighted by atomic mass is 10.0. The second-order valence-electron chi connectivity index (χ2n) is 13.1. The maximum atomic E-state index is 14.1. The Morgan fingerprint density at radius 2 is 1.35 bits per heavy atom. The molecule has 0 aliphatic heterocycles. The van der Waals surface area contributed by atoms with Crippen molar-refractivity contribution in [1.29, 1.82) is 0 Å². The van der Waals surface area contributed by atoms with E-state index in [1.54, 1.807) is 49.9 Å². The van der Waals surface area contributed by atoms with E-state index in [9.17, 15) is 19.2 Å². The number of carbonyl (C=O) groups excluding carboxylic acids is 4. The summed E-state index contributed by atoms with van der Waals surface area (Å²) in [5.74, 6) is -0.954. The molecule has 0 aliphatic rings. The fourth-order valence-electron chi connectivity index (χ4n) is 5.53. The zero-order chi connectivity index (χ0) is 34.7. The maximum absolute atomic E-state index is 14.1. The normalized spacial score (nSPS) is 11.9. The van der Waals surface area contributed by atoms with E-state index in [0.29, 0.717) is 18.7 Å². The van der Waals surface area contributed by atoms with Crippen LogP contribution in [0.5, 0.6) is 0 Å². The van der Waals surface area contributed by atoms with Crippen molar-refractivity contribution in [3.8, 4) is 0 Å². The van der Waals surface area contributed by atoms with Gasteiger partial charge in [-0.3, -0.25) is 19.3 Å². The third-order valence-electron chi connectivity index (χ3n) is 7.81. The quantitative estimate of drug-likeness (QED) is 0.153. The molecular weight excluding hydrogens is 602 g/mol. The van der Waals surface area contributed by atoms with Gasteiger partial charge in [-0.25, -0.2) is 4.79 Å². The third-order valence-corrected chi connectivity index (χ3v) is 7.81. The Bertz CT molecular complexity index is 1710. The average molecular weight is 650 g/mol. The Balaban J connectivity index is 1.60. The molecule has 252 valence electrons. The Kier molecular flexibility index (Phi) is 12.5. The van der Waals surface area contributed by atoms with Gasteiger partial charge in [-0.05, 0) is 86.2 Å². The van der Waals surface area contributed by atoms with Gasteiger partial charge in [-0.1, -0.05) is 86.6 Å². The van der Waals surface area contributed by atoms with E-state index in [1.807, 2.05) is 86.6 Å². The molecule has 0 aliphatic carbocycles. The fraction of sp³-hybridized carbons (Fsp3) is 0.350. The van der Waals surface area contributed by atoms with Crippen LogP contribution in [0.2, 0.25) is 0 Å². The lowest BCUT2D eigenvalue weighted by Crippen LogP contribution is -2.48. The molecule has 8 nitrogen and oxygen atoms in total. The van der Waals surface area contributed by atoms with Crippen molar-refractivity contribution in [3.05, 3.63) is 119 Å². The first-order chi connectivity index (χ1) is 23.0. The number of hydrogen-bond acceptors (Lipinski definition) is 5. The number of hydrogen-bond donors (Lipinski definition) is 1. The molecule has 0 radical (unpaired) electrons. The lowest BCUT2D eigenvalue weighted by molar-refractivity contribution is -0.122. The summed E-state index contributed by atoms with van der Waals surface area (Å²) in [6, 6.07) is 28.9. The molecule has 3 amide bonds. The summed E-state index contributed by atoms with van der Waals surface area (Å²) in [7, 11) is 0. The van der Waals surface area contributed by atoms with Crippen LogP contribution in [0.25, 0.3) is 10.8 Å². The molecule has 4 aromatic carbocycles. The Labute approximate surface area is 284 Å². The molecule has 0 bridgehead atoms. The van der Waals surface area contributed by atoms with Gasteiger partial charge < -0.3 is 15.0 Å². The summed E-state index contributed by atoms with van der Waals surface area (Å²) in [5, 5.41) is 5.01. The SMILES string of the molecule is CCCN(CCC)C(=O)c1cccc(C(=O)N[C@@H](Cc2ccccc2)C(=O)CN(Cc2ccc3ccccc3c2)C(=O)OC(C)(C)C)c1. The van der Waals surface area contributed by atoms with Gasteiger partial charge in [0.1, 0.15) is 5.60 Å². The molecular formula is C40H47N3O5. The molecule has 4 aromatic rings. The van der Waals surface area contributed by atoms with Crippen molar-refractivity contribution in [2.24, 2.45) is 0 Å². The van der Waals surface area contributed by atoms with Crippen molar-refractivity contribution in [2.45, 2.75) is 72.1 Å². The zero-order valence-electron chi connectivity index (χ0n) is 28.7. The van der Waals surface area contributed by atoms with Crippen molar-refractivity contribution < 1.29 is 23.9 Å². The summed E-state index contributed by atoms with van der Waals surface area (Å²) in [6.07, 6.45) is 1.26. The maximum Gasteiger partial charge on any atom is 0.410 e. The Morgan fingerprint density at radius 1 is 0.708 bits per heavy atom. The van der Waals surface area contributed by atoms with Gasteiger partial charge in [0.15, 0.2) is 5.78 Å². The molecule has 4 rings (SSSR count). The van der Waals surface area contributed by atoms with E-state index in [4.69, 9.17) is 4.74 Å². The summed E-state index contributed by atoms with van der Waals surface area (Å²) < 4.78 is 5.71. The van der Waals surface area contributed by atoms with Crippen molar-refractivity contribution in [1.82, 2.24) is 15.1 Å². The Hall–Kier alpha value is -4.98. The first-order valence-corrected chi connectivity index (χ1v) is 16.7. The smallest absolute Gasteiger partial charge is 0.410 e. The molecule has 1 N–H and O–H groups in total. The standard InChI is InChI=1S/C40H47N3O5/c1-6-22-42(23-7-2)38(46)34-19-13-18-33(26-34)37(45)41-35(25-29-14-9-8-10-15-29)36(44)28-43(39(47)48-40(3,4)5)27-30-20-21-31-16-11-12-17-32(31)24-30/h8-21,24,26,35H,6-7,22-23,25,27-28H2,1-5H3,(H,41,45)/t35-/m0/s1. The third kappa shape index (κ3) is 10.3. The van der Waals surface area contributed by atoms with Gasteiger partial charge >= 0.3 is 6.09 Å². The fourth-order valence-corrected chi connectivity index (χ4v) is 5.53. The van der Waals surface area contributed by atoms with E-state index < -0.39 is 23.6 Å². The highest BCUT2D eigenvalue weighted by Crippen LogP contribution is 2.19. The molecule has 0 saturated carbocycles. The molecule has 0 unspecified atom stereocenters. The van der Waals surface area contributed by atoms with E-state index in [-0.39, 0.29) is 36.8 Å². The molecule has 1 atom stereocenters. The number of benzene rings is 4. The van der Waals surface area contributed by atoms with Crippen LogP contribution in [-0.2, 0) is 22.5 Å². The number of Topliss-reactive ketones (excluding diaryl/α,β-unsaturated/α-hetero) is 1. The zero-order valence-corrected chi connectivity index (χ0v) is 28.7. The second kappa shape index (κ2) is 16.7. The van der Waals surface area contributed by atoms with Crippen molar-refractivity contribution in [3.63, 3.8) is 0 Å². The van der Waals surface area contributed by atoms with Crippen LogP contribution in [0.15, 0.2) is 97.1 Å². The number of amides is 3. The Morgan fingerprint density at radius 3 is 2.02 bits per heavy atom. The highest BCUT2D eigenvalue weighted by molar-refractivity contribution is 6.02. The van der Waals surface area contributed by atoms with E-state index in [0.717, 1.165) is 34.7 Å². The lowest BCUT2D eigenvalue weighted by Gasteiger charge is -2.28. The van der Waals surface area contributed by atoms with Gasteiger partial charge in [-0.2, -0.15) is 0 Å². The van der Waals surface area contributed by atoms with Crippen molar-refractivity contribution in [2.75, 3.05) is 19.6 Å². The van der Waals surface area contributed by atoms with Gasteiger partial charge in [0, 0.05) is 30.8 Å². The summed E-state index contributed by atoms with van der Waals surface area (Å²) in [4.78, 5) is 57.7. The van der Waals surface area contributed by atoms with Crippen LogP contribution in [0, 0.1) is 0 Å². The minimum atomic E-state index is -0.947. The average Bonchev–Trinajstić information content (AvgIpc) is 3.07. The number of nitrogens with zero attached hydrogens (tertiary/aromatic N) is 2. The minimum Gasteiger partial charge on any atom is -0.444 e. The van der Waals surface area contributed by atoms with Crippen LogP contribution in [-0.4, -0.2) is 64.8 Å². The predicted molar refractivity (Wildman–Crippen MR) is 190 cm³/mol. The first-order valence-electron chi connectivity index (χ1n) is 16.7. The van der Waals surface area contributed by atoms with Gasteiger partial charge in [0.25, 0.3) is 11.8 Å². The number of rotatable bonds is 14. The summed E-state index contributed by atoms with van der Waals surface area (Å²) in [5.41, 5.74) is 1.62. The molecule has 0 saturated heterocycles. The van der Waals surface area contributed by atoms with Crippen LogP contribution in [0.3, 0.4) is 0 Å². The van der Waals surface area contributed by atoms with Gasteiger partial charge in [0.05, 0.1) is 12.6 Å².